The summed E-state index contributed by atoms with van der Waals surface area (Å²) in [5, 5.41) is 10.2. The molecular formula is C15H9F2NO3. The van der Waals surface area contributed by atoms with Crippen LogP contribution >= 0.6 is 0 Å². The number of benzene rings is 2. The van der Waals surface area contributed by atoms with Crippen LogP contribution in [0.2, 0.25) is 0 Å². The van der Waals surface area contributed by atoms with E-state index in [0.29, 0.717) is 5.52 Å². The van der Waals surface area contributed by atoms with E-state index in [1.165, 1.54) is 12.1 Å². The van der Waals surface area contributed by atoms with E-state index >= 15 is 0 Å². The Labute approximate surface area is 117 Å². The molecule has 0 saturated heterocycles. The molecule has 3 rings (SSSR count). The van der Waals surface area contributed by atoms with E-state index in [4.69, 9.17) is 0 Å². The summed E-state index contributed by atoms with van der Waals surface area (Å²) >= 11 is 0. The summed E-state index contributed by atoms with van der Waals surface area (Å²) in [4.78, 5) is 15.5. The van der Waals surface area contributed by atoms with Crippen LogP contribution in [0.1, 0.15) is 10.4 Å². The summed E-state index contributed by atoms with van der Waals surface area (Å²) < 4.78 is 29.3. The number of aromatic nitrogens is 1. The Bertz CT molecular complexity index is 849. The van der Waals surface area contributed by atoms with Crippen molar-refractivity contribution in [3.63, 3.8) is 0 Å². The van der Waals surface area contributed by atoms with E-state index in [1.54, 1.807) is 30.3 Å². The Morgan fingerprint density at radius 2 is 1.95 bits per heavy atom. The smallest absolute Gasteiger partial charge is 0.387 e. The molecule has 4 nitrogen and oxygen atoms in total. The van der Waals surface area contributed by atoms with Crippen molar-refractivity contribution in [2.75, 3.05) is 0 Å². The molecule has 6 heteroatoms. The average molecular weight is 289 g/mol. The van der Waals surface area contributed by atoms with Gasteiger partial charge in [0.05, 0.1) is 11.1 Å². The second-order valence-electron chi connectivity index (χ2n) is 4.37. The minimum Gasteiger partial charge on any atom is -0.478 e. The highest BCUT2D eigenvalue weighted by Gasteiger charge is 2.16. The summed E-state index contributed by atoms with van der Waals surface area (Å²) in [7, 11) is 0. The van der Waals surface area contributed by atoms with Gasteiger partial charge in [0.15, 0.2) is 5.75 Å². The zero-order valence-corrected chi connectivity index (χ0v) is 10.6. The van der Waals surface area contributed by atoms with Crippen LogP contribution in [0.25, 0.3) is 21.8 Å². The third-order valence-corrected chi connectivity index (χ3v) is 3.10. The number of nitrogens with zero attached hydrogens (tertiary/aromatic N) is 1. The monoisotopic (exact) mass is 289 g/mol. The molecule has 106 valence electrons. The second-order valence-corrected chi connectivity index (χ2v) is 4.37. The highest BCUT2D eigenvalue weighted by atomic mass is 19.3. The number of fused-ring (bicyclic) bond motifs is 2. The van der Waals surface area contributed by atoms with E-state index in [0.717, 1.165) is 5.39 Å². The number of hydrogen-bond donors (Lipinski definition) is 1. The highest BCUT2D eigenvalue weighted by Crippen LogP contribution is 2.31. The molecule has 1 aromatic heterocycles. The van der Waals surface area contributed by atoms with Crippen molar-refractivity contribution in [3.8, 4) is 5.75 Å². The van der Waals surface area contributed by atoms with Crippen molar-refractivity contribution in [3.05, 3.63) is 48.0 Å². The van der Waals surface area contributed by atoms with Gasteiger partial charge >= 0.3 is 12.6 Å². The summed E-state index contributed by atoms with van der Waals surface area (Å²) in [6.07, 6.45) is 0. The highest BCUT2D eigenvalue weighted by molar-refractivity contribution is 6.07. The van der Waals surface area contributed by atoms with Crippen molar-refractivity contribution in [2.45, 2.75) is 6.61 Å². The van der Waals surface area contributed by atoms with E-state index in [2.05, 4.69) is 9.72 Å². The SMILES string of the molecule is O=C(O)c1ccc(OC(F)F)c2nc3ccccc3cc12. The fourth-order valence-corrected chi connectivity index (χ4v) is 2.21. The number of halogens is 2. The quantitative estimate of drug-likeness (QED) is 0.747. The molecule has 0 atom stereocenters. The van der Waals surface area contributed by atoms with Crippen LogP contribution in [0.3, 0.4) is 0 Å². The number of rotatable bonds is 3. The van der Waals surface area contributed by atoms with Crippen molar-refractivity contribution in [1.82, 2.24) is 4.98 Å². The van der Waals surface area contributed by atoms with Crippen LogP contribution in [-0.4, -0.2) is 22.7 Å². The average Bonchev–Trinajstić information content (AvgIpc) is 2.44. The predicted octanol–water partition coefficient (Wildman–Crippen LogP) is 3.69. The fourth-order valence-electron chi connectivity index (χ4n) is 2.21. The number of carboxylic acids is 1. The predicted molar refractivity (Wildman–Crippen MR) is 72.8 cm³/mol. The molecule has 21 heavy (non-hydrogen) atoms. The van der Waals surface area contributed by atoms with Crippen molar-refractivity contribution < 1.29 is 23.4 Å². The Hall–Kier alpha value is -2.76. The number of carbonyl (C=O) groups is 1. The number of ether oxygens (including phenoxy) is 1. The van der Waals surface area contributed by atoms with E-state index in [9.17, 15) is 18.7 Å². The standard InChI is InChI=1S/C15H9F2NO3/c16-15(17)21-12-6-5-9(14(19)20)10-7-8-3-1-2-4-11(8)18-13(10)12/h1-7,15H,(H,19,20). The van der Waals surface area contributed by atoms with E-state index in [1.807, 2.05) is 0 Å². The van der Waals surface area contributed by atoms with Crippen molar-refractivity contribution in [1.29, 1.82) is 0 Å². The molecule has 0 aliphatic heterocycles. The molecule has 0 bridgehead atoms. The zero-order chi connectivity index (χ0) is 15.0. The first-order valence-electron chi connectivity index (χ1n) is 6.07. The van der Waals surface area contributed by atoms with Crippen molar-refractivity contribution >= 4 is 27.8 Å². The van der Waals surface area contributed by atoms with Crippen LogP contribution < -0.4 is 4.74 Å². The molecule has 0 radical (unpaired) electrons. The van der Waals surface area contributed by atoms with Gasteiger partial charge in [0, 0.05) is 10.8 Å². The lowest BCUT2D eigenvalue weighted by Crippen LogP contribution is -2.05. The number of aromatic carboxylic acids is 1. The van der Waals surface area contributed by atoms with E-state index in [-0.39, 0.29) is 22.2 Å². The Morgan fingerprint density at radius 3 is 2.67 bits per heavy atom. The first-order chi connectivity index (χ1) is 10.1. The largest absolute Gasteiger partial charge is 0.478 e. The Kier molecular flexibility index (Phi) is 3.13. The number of hydrogen-bond acceptors (Lipinski definition) is 3. The van der Waals surface area contributed by atoms with Crippen LogP contribution in [-0.2, 0) is 0 Å². The van der Waals surface area contributed by atoms with Gasteiger partial charge in [0.1, 0.15) is 5.52 Å². The number of alkyl halides is 2. The molecule has 2 aromatic carbocycles. The fraction of sp³-hybridized carbons (Fsp3) is 0.0667. The van der Waals surface area contributed by atoms with Gasteiger partial charge in [-0.1, -0.05) is 18.2 Å². The molecule has 0 spiro atoms. The number of para-hydroxylation sites is 1. The van der Waals surface area contributed by atoms with Gasteiger partial charge in [-0.3, -0.25) is 0 Å². The number of carboxylic acid groups (broad SMARTS) is 1. The molecule has 1 N–H and O–H groups in total. The summed E-state index contributed by atoms with van der Waals surface area (Å²) in [5.41, 5.74) is 0.672. The van der Waals surface area contributed by atoms with Gasteiger partial charge in [-0.05, 0) is 24.3 Å². The van der Waals surface area contributed by atoms with Gasteiger partial charge in [-0.25, -0.2) is 9.78 Å². The normalized spacial score (nSPS) is 11.2. The van der Waals surface area contributed by atoms with Gasteiger partial charge in [-0.2, -0.15) is 8.78 Å². The van der Waals surface area contributed by atoms with Crippen LogP contribution in [0.4, 0.5) is 8.78 Å². The lowest BCUT2D eigenvalue weighted by atomic mass is 10.1. The molecule has 0 saturated carbocycles. The molecule has 0 unspecified atom stereocenters. The maximum atomic E-state index is 12.5. The molecular weight excluding hydrogens is 280 g/mol. The molecule has 0 fully saturated rings. The van der Waals surface area contributed by atoms with Gasteiger partial charge in [0.25, 0.3) is 0 Å². The molecule has 0 amide bonds. The zero-order valence-electron chi connectivity index (χ0n) is 10.6. The number of pyridine rings is 1. The summed E-state index contributed by atoms with van der Waals surface area (Å²) in [6.45, 7) is -3.00. The van der Waals surface area contributed by atoms with Gasteiger partial charge in [0.2, 0.25) is 0 Å². The summed E-state index contributed by atoms with van der Waals surface area (Å²) in [6, 6.07) is 11.1. The third kappa shape index (κ3) is 2.35. The van der Waals surface area contributed by atoms with E-state index < -0.39 is 12.6 Å². The first kappa shape index (κ1) is 13.2. The molecule has 1 heterocycles. The molecule has 3 aromatic rings. The maximum Gasteiger partial charge on any atom is 0.387 e. The van der Waals surface area contributed by atoms with Gasteiger partial charge in [-0.15, -0.1) is 0 Å². The lowest BCUT2D eigenvalue weighted by molar-refractivity contribution is -0.0489. The van der Waals surface area contributed by atoms with Gasteiger partial charge < -0.3 is 9.84 Å². The maximum absolute atomic E-state index is 12.5. The van der Waals surface area contributed by atoms with Crippen LogP contribution in [0.15, 0.2) is 42.5 Å². The summed E-state index contributed by atoms with van der Waals surface area (Å²) in [5.74, 6) is -1.29. The molecule has 0 aliphatic carbocycles. The topological polar surface area (TPSA) is 59.4 Å². The first-order valence-corrected chi connectivity index (χ1v) is 6.07. The molecule has 0 aliphatic rings. The lowest BCUT2D eigenvalue weighted by Gasteiger charge is -2.10. The Balaban J connectivity index is 2.38. The minimum absolute atomic E-state index is 0.00938. The second kappa shape index (κ2) is 4.97. The van der Waals surface area contributed by atoms with Crippen LogP contribution in [0, 0.1) is 0 Å². The Morgan fingerprint density at radius 1 is 1.19 bits per heavy atom. The van der Waals surface area contributed by atoms with Crippen LogP contribution in [0.5, 0.6) is 5.75 Å². The van der Waals surface area contributed by atoms with Crippen molar-refractivity contribution in [2.24, 2.45) is 0 Å². The third-order valence-electron chi connectivity index (χ3n) is 3.10. The minimum atomic E-state index is -3.00.